The lowest BCUT2D eigenvalue weighted by atomic mass is 9.84. The molecule has 0 radical (unpaired) electrons. The molecule has 0 bridgehead atoms. The van der Waals surface area contributed by atoms with Crippen LogP contribution in [-0.2, 0) is 4.79 Å². The first-order valence-corrected chi connectivity index (χ1v) is 7.65. The average molecular weight is 284 g/mol. The molecule has 1 fully saturated rings. The minimum Gasteiger partial charge on any atom is -0.481 e. The third-order valence-electron chi connectivity index (χ3n) is 3.78. The number of amides is 2. The Bertz CT molecular complexity index is 329. The van der Waals surface area contributed by atoms with Gasteiger partial charge >= 0.3 is 12.0 Å². The summed E-state index contributed by atoms with van der Waals surface area (Å²) in [5.41, 5.74) is 0.229. The van der Waals surface area contributed by atoms with Crippen LogP contribution in [-0.4, -0.2) is 41.6 Å². The normalized spacial score (nSPS) is 17.8. The molecule has 1 rings (SSSR count). The van der Waals surface area contributed by atoms with Crippen molar-refractivity contribution in [3.05, 3.63) is 0 Å². The maximum Gasteiger partial charge on any atom is 0.317 e. The number of carbonyl (C=O) groups excluding carboxylic acids is 1. The molecule has 5 heteroatoms. The van der Waals surface area contributed by atoms with E-state index >= 15 is 0 Å². The minimum absolute atomic E-state index is 0.0447. The fourth-order valence-electron chi connectivity index (χ4n) is 2.66. The van der Waals surface area contributed by atoms with Gasteiger partial charge in [-0.1, -0.05) is 26.7 Å². The number of hydrogen-bond donors (Lipinski definition) is 2. The zero-order chi connectivity index (χ0) is 15.0. The molecule has 5 nitrogen and oxygen atoms in total. The van der Waals surface area contributed by atoms with Crippen LogP contribution in [0.4, 0.5) is 4.79 Å². The predicted molar refractivity (Wildman–Crippen MR) is 78.7 cm³/mol. The first-order valence-electron chi connectivity index (χ1n) is 7.65. The maximum absolute atomic E-state index is 12.0. The van der Waals surface area contributed by atoms with Crippen molar-refractivity contribution in [1.29, 1.82) is 0 Å². The number of rotatable bonds is 7. The number of urea groups is 1. The summed E-state index contributed by atoms with van der Waals surface area (Å²) in [6, 6.07) is 0.0447. The van der Waals surface area contributed by atoms with Gasteiger partial charge in [-0.25, -0.2) is 4.79 Å². The van der Waals surface area contributed by atoms with Crippen LogP contribution in [0.1, 0.15) is 58.8 Å². The summed E-state index contributed by atoms with van der Waals surface area (Å²) in [6.45, 7) is 6.78. The number of unbranched alkanes of at least 4 members (excludes halogenated alkanes) is 3. The van der Waals surface area contributed by atoms with Crippen molar-refractivity contribution in [3.63, 3.8) is 0 Å². The van der Waals surface area contributed by atoms with Gasteiger partial charge in [0.2, 0.25) is 0 Å². The van der Waals surface area contributed by atoms with Gasteiger partial charge in [-0.3, -0.25) is 4.79 Å². The molecule has 0 spiro atoms. The van der Waals surface area contributed by atoms with Gasteiger partial charge in [0.1, 0.15) is 0 Å². The summed E-state index contributed by atoms with van der Waals surface area (Å²) in [7, 11) is 0. The SMILES string of the molecule is CC1(C)CCCN(C(=O)NCCCCCCC(=O)O)C1. The highest BCUT2D eigenvalue weighted by atomic mass is 16.4. The van der Waals surface area contributed by atoms with Crippen molar-refractivity contribution >= 4 is 12.0 Å². The molecule has 2 amide bonds. The predicted octanol–water partition coefficient (Wildman–Crippen LogP) is 2.85. The van der Waals surface area contributed by atoms with E-state index in [1.165, 1.54) is 6.42 Å². The highest BCUT2D eigenvalue weighted by molar-refractivity contribution is 5.74. The van der Waals surface area contributed by atoms with E-state index in [0.717, 1.165) is 45.2 Å². The number of carboxylic acid groups (broad SMARTS) is 1. The standard InChI is InChI=1S/C15H28N2O3/c1-15(2)9-7-11-17(12-15)14(20)16-10-6-4-3-5-8-13(18)19/h3-12H2,1-2H3,(H,16,20)(H,18,19). The molecule has 1 saturated heterocycles. The van der Waals surface area contributed by atoms with E-state index in [4.69, 9.17) is 5.11 Å². The molecular formula is C15H28N2O3. The second kappa shape index (κ2) is 8.12. The van der Waals surface area contributed by atoms with Crippen molar-refractivity contribution in [2.45, 2.75) is 58.8 Å². The number of piperidine rings is 1. The molecule has 0 unspecified atom stereocenters. The molecule has 0 aliphatic carbocycles. The van der Waals surface area contributed by atoms with Crippen molar-refractivity contribution < 1.29 is 14.7 Å². The smallest absolute Gasteiger partial charge is 0.317 e. The first-order chi connectivity index (χ1) is 9.41. The van der Waals surface area contributed by atoms with Gasteiger partial charge in [0.05, 0.1) is 0 Å². The number of carboxylic acids is 1. The number of aliphatic carboxylic acids is 1. The molecule has 2 N–H and O–H groups in total. The topological polar surface area (TPSA) is 69.6 Å². The number of hydrogen-bond acceptors (Lipinski definition) is 2. The zero-order valence-electron chi connectivity index (χ0n) is 12.8. The van der Waals surface area contributed by atoms with Crippen molar-refractivity contribution in [2.24, 2.45) is 5.41 Å². The second-order valence-corrected chi connectivity index (χ2v) is 6.48. The van der Waals surface area contributed by atoms with E-state index in [2.05, 4.69) is 19.2 Å². The summed E-state index contributed by atoms with van der Waals surface area (Å²) in [5, 5.41) is 11.5. The lowest BCUT2D eigenvalue weighted by molar-refractivity contribution is -0.137. The van der Waals surface area contributed by atoms with E-state index in [1.807, 2.05) is 4.90 Å². The monoisotopic (exact) mass is 284 g/mol. The van der Waals surface area contributed by atoms with Gasteiger partial charge in [-0.15, -0.1) is 0 Å². The van der Waals surface area contributed by atoms with Crippen LogP contribution in [0, 0.1) is 5.41 Å². The Labute approximate surface area is 121 Å². The Morgan fingerprint density at radius 3 is 2.55 bits per heavy atom. The Hall–Kier alpha value is -1.26. The molecule has 0 saturated carbocycles. The van der Waals surface area contributed by atoms with E-state index in [-0.39, 0.29) is 17.9 Å². The van der Waals surface area contributed by atoms with Gasteiger partial charge in [0.15, 0.2) is 0 Å². The molecule has 0 aromatic carbocycles. The van der Waals surface area contributed by atoms with E-state index in [9.17, 15) is 9.59 Å². The van der Waals surface area contributed by atoms with Crippen LogP contribution in [0.2, 0.25) is 0 Å². The van der Waals surface area contributed by atoms with Gasteiger partial charge in [-0.05, 0) is 31.1 Å². The molecule has 1 aliphatic rings. The summed E-state index contributed by atoms with van der Waals surface area (Å²) < 4.78 is 0. The van der Waals surface area contributed by atoms with E-state index < -0.39 is 5.97 Å². The fourth-order valence-corrected chi connectivity index (χ4v) is 2.66. The van der Waals surface area contributed by atoms with Gasteiger partial charge in [0.25, 0.3) is 0 Å². The van der Waals surface area contributed by atoms with E-state index in [0.29, 0.717) is 6.54 Å². The molecule has 1 heterocycles. The van der Waals surface area contributed by atoms with Crippen LogP contribution in [0.15, 0.2) is 0 Å². The Kier molecular flexibility index (Phi) is 6.82. The largest absolute Gasteiger partial charge is 0.481 e. The lowest BCUT2D eigenvalue weighted by Crippen LogP contribution is -2.48. The number of nitrogens with zero attached hydrogens (tertiary/aromatic N) is 1. The third-order valence-corrected chi connectivity index (χ3v) is 3.78. The molecule has 0 atom stereocenters. The van der Waals surface area contributed by atoms with Crippen molar-refractivity contribution in [3.8, 4) is 0 Å². The Morgan fingerprint density at radius 2 is 1.90 bits per heavy atom. The molecule has 0 aromatic heterocycles. The van der Waals surface area contributed by atoms with Crippen LogP contribution < -0.4 is 5.32 Å². The zero-order valence-corrected chi connectivity index (χ0v) is 12.8. The van der Waals surface area contributed by atoms with Crippen molar-refractivity contribution in [1.82, 2.24) is 10.2 Å². The van der Waals surface area contributed by atoms with Crippen molar-refractivity contribution in [2.75, 3.05) is 19.6 Å². The molecule has 1 aliphatic heterocycles. The Morgan fingerprint density at radius 1 is 1.20 bits per heavy atom. The maximum atomic E-state index is 12.0. The lowest BCUT2D eigenvalue weighted by Gasteiger charge is -2.37. The highest BCUT2D eigenvalue weighted by Crippen LogP contribution is 2.28. The molecule has 0 aromatic rings. The quantitative estimate of drug-likeness (QED) is 0.706. The van der Waals surface area contributed by atoms with Crippen LogP contribution in [0.25, 0.3) is 0 Å². The van der Waals surface area contributed by atoms with Crippen LogP contribution in [0.3, 0.4) is 0 Å². The van der Waals surface area contributed by atoms with Crippen LogP contribution >= 0.6 is 0 Å². The summed E-state index contributed by atoms with van der Waals surface area (Å²) in [4.78, 5) is 24.3. The summed E-state index contributed by atoms with van der Waals surface area (Å²) in [6.07, 6.45) is 6.04. The number of nitrogens with one attached hydrogen (secondary N) is 1. The first kappa shape index (κ1) is 16.8. The summed E-state index contributed by atoms with van der Waals surface area (Å²) in [5.74, 6) is -0.731. The molecular weight excluding hydrogens is 256 g/mol. The Balaban J connectivity index is 2.07. The molecule has 116 valence electrons. The van der Waals surface area contributed by atoms with Crippen LogP contribution in [0.5, 0.6) is 0 Å². The summed E-state index contributed by atoms with van der Waals surface area (Å²) >= 11 is 0. The number of likely N-dealkylation sites (tertiary alicyclic amines) is 1. The highest BCUT2D eigenvalue weighted by Gasteiger charge is 2.28. The number of carbonyl (C=O) groups is 2. The fraction of sp³-hybridized carbons (Fsp3) is 0.867. The minimum atomic E-state index is -0.731. The van der Waals surface area contributed by atoms with Gasteiger partial charge < -0.3 is 15.3 Å². The third kappa shape index (κ3) is 6.78. The van der Waals surface area contributed by atoms with Gasteiger partial charge in [0, 0.05) is 26.1 Å². The molecule has 20 heavy (non-hydrogen) atoms. The second-order valence-electron chi connectivity index (χ2n) is 6.48. The average Bonchev–Trinajstić information content (AvgIpc) is 2.35. The van der Waals surface area contributed by atoms with Gasteiger partial charge in [-0.2, -0.15) is 0 Å². The van der Waals surface area contributed by atoms with E-state index in [1.54, 1.807) is 0 Å².